The average Bonchev–Trinajstić information content (AvgIpc) is 2.80. The first-order valence-corrected chi connectivity index (χ1v) is 12.0. The molecule has 3 aromatic carbocycles. The zero-order valence-corrected chi connectivity index (χ0v) is 20.2. The summed E-state index contributed by atoms with van der Waals surface area (Å²) in [6, 6.07) is 32.3. The van der Waals surface area contributed by atoms with Crippen molar-refractivity contribution >= 4 is 36.0 Å². The van der Waals surface area contributed by atoms with E-state index in [0.717, 1.165) is 0 Å². The zero-order chi connectivity index (χ0) is 24.1. The van der Waals surface area contributed by atoms with Crippen molar-refractivity contribution in [1.29, 1.82) is 0 Å². The number of nitrogens with zero attached hydrogens (tertiary/aromatic N) is 2. The van der Waals surface area contributed by atoms with Gasteiger partial charge in [0.25, 0.3) is 0 Å². The van der Waals surface area contributed by atoms with Gasteiger partial charge in [-0.25, -0.2) is 9.59 Å². The maximum atomic E-state index is 10.8. The third-order valence-electron chi connectivity index (χ3n) is 3.93. The summed E-state index contributed by atoms with van der Waals surface area (Å²) in [5.74, 6) is 0. The third kappa shape index (κ3) is 9.75. The van der Waals surface area contributed by atoms with Crippen LogP contribution in [0.25, 0.3) is 0 Å². The van der Waals surface area contributed by atoms with Crippen LogP contribution in [0, 0.1) is 0 Å². The van der Waals surface area contributed by atoms with Crippen LogP contribution < -0.4 is 15.9 Å². The molecule has 0 heterocycles. The Morgan fingerprint density at radius 1 is 0.576 bits per heavy atom. The van der Waals surface area contributed by atoms with E-state index in [4.69, 9.17) is 0 Å². The molecule has 0 unspecified atom stereocenters. The maximum Gasteiger partial charge on any atom is 0.452 e. The molecule has 0 aliphatic carbocycles. The molecule has 0 spiro atoms. The van der Waals surface area contributed by atoms with Crippen LogP contribution in [-0.2, 0) is 9.47 Å². The zero-order valence-electron chi connectivity index (χ0n) is 19.3. The number of carbonyl (C=O) groups is 2. The summed E-state index contributed by atoms with van der Waals surface area (Å²) in [6.45, 7) is 6.67. The van der Waals surface area contributed by atoms with Crippen LogP contribution in [0.3, 0.4) is 0 Å². The molecular formula is C26H29N2O4P. The van der Waals surface area contributed by atoms with E-state index in [0.29, 0.717) is 0 Å². The molecule has 0 fully saturated rings. The Bertz CT molecular complexity index is 892. The van der Waals surface area contributed by atoms with Gasteiger partial charge in [-0.2, -0.15) is 0 Å². The van der Waals surface area contributed by atoms with Gasteiger partial charge in [-0.3, -0.25) is 0 Å². The van der Waals surface area contributed by atoms with Gasteiger partial charge < -0.3 is 9.47 Å². The molecule has 0 aromatic heterocycles. The fraction of sp³-hybridized carbons (Fsp3) is 0.231. The first-order valence-electron chi connectivity index (χ1n) is 10.6. The lowest BCUT2D eigenvalue weighted by atomic mass is 10.4. The first kappa shape index (κ1) is 25.9. The van der Waals surface area contributed by atoms with Crippen molar-refractivity contribution in [2.45, 2.75) is 39.9 Å². The molecule has 33 heavy (non-hydrogen) atoms. The van der Waals surface area contributed by atoms with Gasteiger partial charge in [-0.1, -0.05) is 101 Å². The van der Waals surface area contributed by atoms with Crippen molar-refractivity contribution in [3.8, 4) is 0 Å². The quantitative estimate of drug-likeness (QED) is 0.344. The molecule has 0 saturated carbocycles. The van der Waals surface area contributed by atoms with Crippen LogP contribution in [0.2, 0.25) is 0 Å². The average molecular weight is 465 g/mol. The Kier molecular flexibility index (Phi) is 10.9. The molecule has 0 saturated heterocycles. The van der Waals surface area contributed by atoms with E-state index in [1.54, 1.807) is 27.7 Å². The van der Waals surface area contributed by atoms with Crippen molar-refractivity contribution in [2.75, 3.05) is 0 Å². The van der Waals surface area contributed by atoms with Crippen molar-refractivity contribution < 1.29 is 19.1 Å². The second-order valence-electron chi connectivity index (χ2n) is 7.41. The molecule has 3 rings (SSSR count). The Morgan fingerprint density at radius 3 is 1.09 bits per heavy atom. The van der Waals surface area contributed by atoms with Crippen LogP contribution in [0.1, 0.15) is 27.7 Å². The highest BCUT2D eigenvalue weighted by Crippen LogP contribution is 2.32. The Hall–Kier alpha value is -3.37. The first-order chi connectivity index (χ1) is 15.9. The molecule has 172 valence electrons. The predicted molar refractivity (Wildman–Crippen MR) is 133 cm³/mol. The molecule has 3 aromatic rings. The number of benzene rings is 3. The molecule has 6 nitrogen and oxygen atoms in total. The summed E-state index contributed by atoms with van der Waals surface area (Å²) in [4.78, 5) is 21.5. The van der Waals surface area contributed by atoms with E-state index in [9.17, 15) is 9.59 Å². The Labute approximate surface area is 196 Å². The van der Waals surface area contributed by atoms with E-state index in [-0.39, 0.29) is 12.2 Å². The Balaban J connectivity index is 0.000000248. The van der Waals surface area contributed by atoms with Crippen LogP contribution in [0.5, 0.6) is 0 Å². The van der Waals surface area contributed by atoms with E-state index in [1.165, 1.54) is 15.9 Å². The van der Waals surface area contributed by atoms with Crippen molar-refractivity contribution in [3.63, 3.8) is 0 Å². The van der Waals surface area contributed by atoms with E-state index >= 15 is 0 Å². The summed E-state index contributed by atoms with van der Waals surface area (Å²) >= 11 is 0. The van der Waals surface area contributed by atoms with E-state index in [2.05, 4.69) is 111 Å². The third-order valence-corrected chi connectivity index (χ3v) is 6.37. The number of hydrogen-bond donors (Lipinski definition) is 0. The fourth-order valence-electron chi connectivity index (χ4n) is 2.71. The van der Waals surface area contributed by atoms with E-state index < -0.39 is 20.1 Å². The van der Waals surface area contributed by atoms with Gasteiger partial charge in [0.2, 0.25) is 0 Å². The molecular weight excluding hydrogens is 435 g/mol. The fourth-order valence-corrected chi connectivity index (χ4v) is 5.02. The lowest BCUT2D eigenvalue weighted by molar-refractivity contribution is 0.115. The monoisotopic (exact) mass is 464 g/mol. The minimum atomic E-state index is -0.902. The lowest BCUT2D eigenvalue weighted by Gasteiger charge is -2.18. The highest BCUT2D eigenvalue weighted by atomic mass is 31.1. The highest BCUT2D eigenvalue weighted by Gasteiger charge is 2.15. The van der Waals surface area contributed by atoms with Crippen LogP contribution in [0.4, 0.5) is 9.59 Å². The summed E-state index contributed by atoms with van der Waals surface area (Å²) in [6.07, 6.45) is -2.38. The van der Waals surface area contributed by atoms with Gasteiger partial charge in [0, 0.05) is 0 Å². The van der Waals surface area contributed by atoms with Crippen LogP contribution >= 0.6 is 7.92 Å². The number of amides is 2. The van der Waals surface area contributed by atoms with Crippen molar-refractivity contribution in [3.05, 3.63) is 91.0 Å². The summed E-state index contributed by atoms with van der Waals surface area (Å²) in [5, 5.41) is 10.2. The summed E-state index contributed by atoms with van der Waals surface area (Å²) in [7, 11) is -0.446. The van der Waals surface area contributed by atoms with Crippen molar-refractivity contribution in [1.82, 2.24) is 0 Å². The molecule has 0 aliphatic heterocycles. The normalized spacial score (nSPS) is 10.8. The molecule has 0 atom stereocenters. The SMILES string of the molecule is CC(C)OC(=O)N=NC(=O)OC(C)C.c1ccc(P(c2ccccc2)c2ccccc2)cc1. The summed E-state index contributed by atoms with van der Waals surface area (Å²) < 4.78 is 9.20. The highest BCUT2D eigenvalue weighted by molar-refractivity contribution is 7.79. The number of carbonyl (C=O) groups excluding carboxylic acids is 2. The van der Waals surface area contributed by atoms with Gasteiger partial charge in [0.1, 0.15) is 0 Å². The number of rotatable bonds is 5. The van der Waals surface area contributed by atoms with Crippen LogP contribution in [-0.4, -0.2) is 24.4 Å². The van der Waals surface area contributed by atoms with Crippen LogP contribution in [0.15, 0.2) is 101 Å². The maximum absolute atomic E-state index is 10.8. The van der Waals surface area contributed by atoms with Gasteiger partial charge >= 0.3 is 12.2 Å². The minimum absolute atomic E-state index is 0.289. The Morgan fingerprint density at radius 2 is 0.848 bits per heavy atom. The predicted octanol–water partition coefficient (Wildman–Crippen LogP) is 5.97. The molecule has 0 aliphatic rings. The molecule has 7 heteroatoms. The molecule has 0 bridgehead atoms. The van der Waals surface area contributed by atoms with Gasteiger partial charge in [0.05, 0.1) is 12.2 Å². The summed E-state index contributed by atoms with van der Waals surface area (Å²) in [5.41, 5.74) is 0. The minimum Gasteiger partial charge on any atom is -0.444 e. The second-order valence-corrected chi connectivity index (χ2v) is 9.63. The van der Waals surface area contributed by atoms with Gasteiger partial charge in [-0.15, -0.1) is 0 Å². The van der Waals surface area contributed by atoms with Gasteiger partial charge in [0.15, 0.2) is 0 Å². The van der Waals surface area contributed by atoms with Crippen molar-refractivity contribution in [2.24, 2.45) is 10.2 Å². The smallest absolute Gasteiger partial charge is 0.444 e. The molecule has 0 radical (unpaired) electrons. The van der Waals surface area contributed by atoms with E-state index in [1.807, 2.05) is 0 Å². The second kappa shape index (κ2) is 13.9. The molecule has 0 N–H and O–H groups in total. The van der Waals surface area contributed by atoms with Gasteiger partial charge in [-0.05, 0) is 51.5 Å². The number of hydrogen-bond acceptors (Lipinski definition) is 4. The molecule has 2 amide bonds. The largest absolute Gasteiger partial charge is 0.452 e. The number of ether oxygens (including phenoxy) is 2. The number of azo groups is 1. The topological polar surface area (TPSA) is 77.3 Å². The lowest BCUT2D eigenvalue weighted by Crippen LogP contribution is -2.20. The standard InChI is InChI=1S/C18H15P.C8H14N2O4/c1-4-10-16(11-5-1)19(17-12-6-2-7-13-17)18-14-8-3-9-15-18;1-5(2)13-7(11)9-10-8(12)14-6(3)4/h1-15H;5-6H,1-4H3.